The molecule has 1 aliphatic carbocycles. The zero-order valence-corrected chi connectivity index (χ0v) is 14.6. The summed E-state index contributed by atoms with van der Waals surface area (Å²) in [5, 5.41) is 6.31. The fraction of sp³-hybridized carbons (Fsp3) is 0.562. The average molecular weight is 338 g/mol. The molecule has 0 aliphatic heterocycles. The van der Waals surface area contributed by atoms with Crippen molar-refractivity contribution in [3.8, 4) is 0 Å². The largest absolute Gasteiger partial charge is 0.357 e. The van der Waals surface area contributed by atoms with Gasteiger partial charge in [0, 0.05) is 26.2 Å². The Labute approximate surface area is 138 Å². The highest BCUT2D eigenvalue weighted by atomic mass is 32.2. The van der Waals surface area contributed by atoms with Crippen molar-refractivity contribution in [2.75, 3.05) is 26.2 Å². The van der Waals surface area contributed by atoms with Crippen molar-refractivity contribution in [1.29, 1.82) is 0 Å². The van der Waals surface area contributed by atoms with E-state index in [-0.39, 0.29) is 4.90 Å². The van der Waals surface area contributed by atoms with Crippen LogP contribution in [0.5, 0.6) is 0 Å². The molecule has 1 aromatic carbocycles. The number of hydrogen-bond acceptors (Lipinski definition) is 3. The molecule has 23 heavy (non-hydrogen) atoms. The molecular weight excluding hydrogens is 312 g/mol. The molecule has 0 spiro atoms. The van der Waals surface area contributed by atoms with E-state index in [0.29, 0.717) is 13.1 Å². The topological polar surface area (TPSA) is 82.6 Å². The van der Waals surface area contributed by atoms with Crippen molar-refractivity contribution >= 4 is 16.0 Å². The zero-order chi connectivity index (χ0) is 16.7. The third-order valence-corrected chi connectivity index (χ3v) is 5.07. The van der Waals surface area contributed by atoms with Gasteiger partial charge in [0.25, 0.3) is 0 Å². The third kappa shape index (κ3) is 6.19. The van der Waals surface area contributed by atoms with E-state index < -0.39 is 10.0 Å². The summed E-state index contributed by atoms with van der Waals surface area (Å²) in [5.74, 6) is 1.47. The molecule has 128 valence electrons. The Balaban J connectivity index is 1.78. The van der Waals surface area contributed by atoms with Crippen LogP contribution in [0.2, 0.25) is 0 Å². The molecule has 1 aromatic rings. The standard InChI is InChI=1S/C16H26N4O2S/c1-3-17-16(19-12-14-6-7-14)18-10-11-20-23(21,22)15-8-4-13(2)5-9-15/h4-5,8-9,14,20H,3,6-7,10-12H2,1-2H3,(H2,17,18,19). The lowest BCUT2D eigenvalue weighted by atomic mass is 10.2. The molecule has 0 bridgehead atoms. The first-order valence-corrected chi connectivity index (χ1v) is 9.58. The molecule has 7 heteroatoms. The quantitative estimate of drug-likeness (QED) is 0.378. The number of nitrogens with one attached hydrogen (secondary N) is 3. The summed E-state index contributed by atoms with van der Waals surface area (Å²) < 4.78 is 26.9. The van der Waals surface area contributed by atoms with E-state index in [1.807, 2.05) is 13.8 Å². The van der Waals surface area contributed by atoms with E-state index >= 15 is 0 Å². The fourth-order valence-electron chi connectivity index (χ4n) is 2.03. The van der Waals surface area contributed by atoms with E-state index in [1.54, 1.807) is 24.3 Å². The Morgan fingerprint density at radius 1 is 1.17 bits per heavy atom. The fourth-order valence-corrected chi connectivity index (χ4v) is 3.06. The number of hydrogen-bond donors (Lipinski definition) is 3. The van der Waals surface area contributed by atoms with Crippen molar-refractivity contribution in [2.24, 2.45) is 10.9 Å². The summed E-state index contributed by atoms with van der Waals surface area (Å²) in [6.45, 7) is 6.35. The van der Waals surface area contributed by atoms with Gasteiger partial charge in [0.05, 0.1) is 4.90 Å². The Kier molecular flexibility index (Phi) is 6.41. The molecule has 1 fully saturated rings. The van der Waals surface area contributed by atoms with Crippen LogP contribution in [0.3, 0.4) is 0 Å². The highest BCUT2D eigenvalue weighted by Crippen LogP contribution is 2.28. The first-order chi connectivity index (χ1) is 11.0. The first-order valence-electron chi connectivity index (χ1n) is 8.10. The van der Waals surface area contributed by atoms with Gasteiger partial charge < -0.3 is 10.6 Å². The van der Waals surface area contributed by atoms with Gasteiger partial charge in [-0.25, -0.2) is 13.1 Å². The van der Waals surface area contributed by atoms with Crippen molar-refractivity contribution in [3.63, 3.8) is 0 Å². The number of aliphatic imine (C=N–C) groups is 1. The predicted molar refractivity (Wildman–Crippen MR) is 93.1 cm³/mol. The van der Waals surface area contributed by atoms with Crippen LogP contribution >= 0.6 is 0 Å². The smallest absolute Gasteiger partial charge is 0.240 e. The molecule has 1 aliphatic rings. The lowest BCUT2D eigenvalue weighted by Gasteiger charge is -2.12. The summed E-state index contributed by atoms with van der Waals surface area (Å²) in [6.07, 6.45) is 2.53. The molecule has 0 amide bonds. The average Bonchev–Trinajstić information content (AvgIpc) is 3.33. The summed E-state index contributed by atoms with van der Waals surface area (Å²) >= 11 is 0. The van der Waals surface area contributed by atoms with Gasteiger partial charge in [0.1, 0.15) is 0 Å². The van der Waals surface area contributed by atoms with Crippen LogP contribution in [0.25, 0.3) is 0 Å². The van der Waals surface area contributed by atoms with Crippen LogP contribution in [-0.4, -0.2) is 40.6 Å². The van der Waals surface area contributed by atoms with E-state index in [1.165, 1.54) is 12.8 Å². The molecule has 2 rings (SSSR count). The van der Waals surface area contributed by atoms with E-state index in [9.17, 15) is 8.42 Å². The van der Waals surface area contributed by atoms with Gasteiger partial charge in [-0.05, 0) is 44.7 Å². The Morgan fingerprint density at radius 3 is 2.48 bits per heavy atom. The number of guanidine groups is 1. The lowest BCUT2D eigenvalue weighted by molar-refractivity contribution is 0.580. The molecule has 0 atom stereocenters. The Hall–Kier alpha value is -1.60. The maximum absolute atomic E-state index is 12.2. The second-order valence-electron chi connectivity index (χ2n) is 5.80. The van der Waals surface area contributed by atoms with Crippen molar-refractivity contribution in [1.82, 2.24) is 15.4 Å². The molecule has 0 aromatic heterocycles. The van der Waals surface area contributed by atoms with Gasteiger partial charge in [-0.15, -0.1) is 0 Å². The molecular formula is C16H26N4O2S. The number of sulfonamides is 1. The van der Waals surface area contributed by atoms with Crippen LogP contribution in [0.1, 0.15) is 25.3 Å². The molecule has 3 N–H and O–H groups in total. The maximum atomic E-state index is 12.2. The highest BCUT2D eigenvalue weighted by molar-refractivity contribution is 7.89. The highest BCUT2D eigenvalue weighted by Gasteiger charge is 2.20. The molecule has 0 saturated heterocycles. The molecule has 0 unspecified atom stereocenters. The number of aryl methyl sites for hydroxylation is 1. The first kappa shape index (κ1) is 17.7. The van der Waals surface area contributed by atoms with Crippen LogP contribution in [-0.2, 0) is 10.0 Å². The van der Waals surface area contributed by atoms with E-state index in [2.05, 4.69) is 20.3 Å². The minimum atomic E-state index is -3.45. The van der Waals surface area contributed by atoms with Crippen molar-refractivity contribution in [3.05, 3.63) is 29.8 Å². The molecule has 6 nitrogen and oxygen atoms in total. The second-order valence-corrected chi connectivity index (χ2v) is 7.57. The monoisotopic (exact) mass is 338 g/mol. The minimum Gasteiger partial charge on any atom is -0.357 e. The Morgan fingerprint density at radius 2 is 1.87 bits per heavy atom. The van der Waals surface area contributed by atoms with Gasteiger partial charge in [-0.3, -0.25) is 4.99 Å². The number of nitrogens with zero attached hydrogens (tertiary/aromatic N) is 1. The van der Waals surface area contributed by atoms with E-state index in [4.69, 9.17) is 0 Å². The number of rotatable bonds is 8. The summed E-state index contributed by atoms with van der Waals surface area (Å²) in [4.78, 5) is 4.78. The normalized spacial score (nSPS) is 15.5. The second kappa shape index (κ2) is 8.31. The van der Waals surface area contributed by atoms with E-state index in [0.717, 1.165) is 30.5 Å². The van der Waals surface area contributed by atoms with Gasteiger partial charge in [0.15, 0.2) is 5.96 Å². The van der Waals surface area contributed by atoms with Crippen molar-refractivity contribution < 1.29 is 8.42 Å². The summed E-state index contributed by atoms with van der Waals surface area (Å²) in [7, 11) is -3.45. The minimum absolute atomic E-state index is 0.289. The summed E-state index contributed by atoms with van der Waals surface area (Å²) in [6, 6.07) is 6.82. The van der Waals surface area contributed by atoms with Gasteiger partial charge in [-0.2, -0.15) is 0 Å². The van der Waals surface area contributed by atoms with Gasteiger partial charge >= 0.3 is 0 Å². The van der Waals surface area contributed by atoms with Gasteiger partial charge in [0.2, 0.25) is 10.0 Å². The lowest BCUT2D eigenvalue weighted by Crippen LogP contribution is -2.41. The van der Waals surface area contributed by atoms with Crippen LogP contribution < -0.4 is 15.4 Å². The van der Waals surface area contributed by atoms with Crippen LogP contribution in [0.15, 0.2) is 34.2 Å². The third-order valence-electron chi connectivity index (χ3n) is 3.59. The molecule has 1 saturated carbocycles. The van der Waals surface area contributed by atoms with Crippen LogP contribution in [0.4, 0.5) is 0 Å². The molecule has 0 heterocycles. The molecule has 0 radical (unpaired) electrons. The van der Waals surface area contributed by atoms with Crippen molar-refractivity contribution in [2.45, 2.75) is 31.6 Å². The number of benzene rings is 1. The zero-order valence-electron chi connectivity index (χ0n) is 13.8. The van der Waals surface area contributed by atoms with Gasteiger partial charge in [-0.1, -0.05) is 17.7 Å². The maximum Gasteiger partial charge on any atom is 0.240 e. The summed E-state index contributed by atoms with van der Waals surface area (Å²) in [5.41, 5.74) is 1.03. The predicted octanol–water partition coefficient (Wildman–Crippen LogP) is 1.24. The van der Waals surface area contributed by atoms with Crippen LogP contribution in [0, 0.1) is 12.8 Å². The SMILES string of the molecule is CCNC(=NCC1CC1)NCCNS(=O)(=O)c1ccc(C)cc1. The Bertz CT molecular complexity index is 622.